The molecule has 2 aliphatic heterocycles. The summed E-state index contributed by atoms with van der Waals surface area (Å²) in [7, 11) is 0. The molecule has 5 rings (SSSR count). The van der Waals surface area contributed by atoms with Gasteiger partial charge in [-0.3, -0.25) is 9.79 Å². The van der Waals surface area contributed by atoms with Gasteiger partial charge in [-0.15, -0.1) is 0 Å². The second-order valence-electron chi connectivity index (χ2n) is 11.5. The normalized spacial score (nSPS) is 19.9. The van der Waals surface area contributed by atoms with Crippen molar-refractivity contribution in [1.29, 1.82) is 0 Å². The second-order valence-corrected chi connectivity index (χ2v) is 11.5. The van der Waals surface area contributed by atoms with Crippen molar-refractivity contribution in [2.75, 3.05) is 25.0 Å². The highest BCUT2D eigenvalue weighted by atomic mass is 19.1. The monoisotopic (exact) mass is 555 g/mol. The zero-order valence-corrected chi connectivity index (χ0v) is 24.4. The van der Waals surface area contributed by atoms with Crippen molar-refractivity contribution in [2.45, 2.75) is 58.8 Å². The molecule has 2 heterocycles. The number of amides is 1. The van der Waals surface area contributed by atoms with Gasteiger partial charge in [0, 0.05) is 31.2 Å². The van der Waals surface area contributed by atoms with Gasteiger partial charge in [-0.05, 0) is 60.2 Å². The van der Waals surface area contributed by atoms with Crippen molar-refractivity contribution < 1.29 is 9.18 Å². The van der Waals surface area contributed by atoms with E-state index in [-0.39, 0.29) is 35.8 Å². The molecule has 1 saturated heterocycles. The van der Waals surface area contributed by atoms with Gasteiger partial charge >= 0.3 is 0 Å². The molecule has 0 radical (unpaired) electrons. The van der Waals surface area contributed by atoms with E-state index < -0.39 is 0 Å². The second kappa shape index (κ2) is 12.9. The van der Waals surface area contributed by atoms with E-state index in [4.69, 9.17) is 10.7 Å². The fourth-order valence-electron chi connectivity index (χ4n) is 6.08. The van der Waals surface area contributed by atoms with Crippen LogP contribution in [0, 0.1) is 24.6 Å². The zero-order valence-electron chi connectivity index (χ0n) is 24.4. The number of fused-ring (bicyclic) bond motifs is 1. The SMILES string of the molecule is CCCC(C)C(Cc1ccc(CN)cc1)C(=O)N1CCN2C(=NC(c3ccc(F)cc3)C2Nc2ccc(C)cc2)C1. The predicted molar refractivity (Wildman–Crippen MR) is 164 cm³/mol. The van der Waals surface area contributed by atoms with Crippen LogP contribution in [0.1, 0.15) is 55.0 Å². The third-order valence-electron chi connectivity index (χ3n) is 8.55. The fraction of sp³-hybridized carbons (Fsp3) is 0.412. The summed E-state index contributed by atoms with van der Waals surface area (Å²) < 4.78 is 13.8. The lowest BCUT2D eigenvalue weighted by Crippen LogP contribution is -2.56. The number of anilines is 1. The van der Waals surface area contributed by atoms with Crippen LogP contribution >= 0.6 is 0 Å². The molecule has 4 atom stereocenters. The standard InChI is InChI=1S/C34H42FN5O/c1-4-5-24(3)30(20-25-8-10-26(21-36)11-9-25)34(41)39-18-19-40-31(22-39)38-32(27-12-14-28(35)15-13-27)33(40)37-29-16-6-23(2)7-17-29/h6-17,24,30,32-33,37H,4-5,18-22,36H2,1-3H3. The van der Waals surface area contributed by atoms with Crippen molar-refractivity contribution in [3.05, 3.63) is 101 Å². The van der Waals surface area contributed by atoms with Crippen molar-refractivity contribution in [3.8, 4) is 0 Å². The lowest BCUT2D eigenvalue weighted by Gasteiger charge is -2.40. The molecule has 0 bridgehead atoms. The van der Waals surface area contributed by atoms with Gasteiger partial charge in [0.15, 0.2) is 0 Å². The minimum atomic E-state index is -0.262. The van der Waals surface area contributed by atoms with Crippen LogP contribution in [0.25, 0.3) is 0 Å². The van der Waals surface area contributed by atoms with Crippen LogP contribution in [-0.4, -0.2) is 47.3 Å². The van der Waals surface area contributed by atoms with E-state index in [2.05, 4.69) is 79.5 Å². The third-order valence-corrected chi connectivity index (χ3v) is 8.55. The molecule has 7 heteroatoms. The molecule has 0 spiro atoms. The molecule has 3 aromatic carbocycles. The van der Waals surface area contributed by atoms with Crippen LogP contribution in [0.3, 0.4) is 0 Å². The number of nitrogens with two attached hydrogens (primary N) is 1. The first-order valence-electron chi connectivity index (χ1n) is 14.8. The third kappa shape index (κ3) is 6.62. The quantitative estimate of drug-likeness (QED) is 0.326. The molecule has 0 aromatic heterocycles. The Morgan fingerprint density at radius 3 is 2.37 bits per heavy atom. The summed E-state index contributed by atoms with van der Waals surface area (Å²) in [5, 5.41) is 3.68. The average Bonchev–Trinajstić information content (AvgIpc) is 3.34. The molecular formula is C34H42FN5O. The lowest BCUT2D eigenvalue weighted by molar-refractivity contribution is -0.137. The van der Waals surface area contributed by atoms with Gasteiger partial charge in [-0.25, -0.2) is 4.39 Å². The van der Waals surface area contributed by atoms with Gasteiger partial charge in [-0.1, -0.05) is 80.8 Å². The Bertz CT molecular complexity index is 1340. The lowest BCUT2D eigenvalue weighted by atomic mass is 9.84. The zero-order chi connectivity index (χ0) is 28.9. The Labute approximate surface area is 243 Å². The minimum absolute atomic E-state index is 0.0957. The van der Waals surface area contributed by atoms with Crippen molar-refractivity contribution >= 4 is 17.4 Å². The maximum atomic E-state index is 14.1. The number of nitrogens with one attached hydrogen (secondary N) is 1. The Morgan fingerprint density at radius 2 is 1.71 bits per heavy atom. The van der Waals surface area contributed by atoms with Crippen LogP contribution < -0.4 is 11.1 Å². The molecule has 0 aliphatic carbocycles. The molecule has 6 nitrogen and oxygen atoms in total. The number of aliphatic imine (C=N–C) groups is 1. The highest BCUT2D eigenvalue weighted by Gasteiger charge is 2.42. The molecule has 216 valence electrons. The van der Waals surface area contributed by atoms with Crippen LogP contribution in [0.4, 0.5) is 10.1 Å². The van der Waals surface area contributed by atoms with Gasteiger partial charge < -0.3 is 20.9 Å². The van der Waals surface area contributed by atoms with Gasteiger partial charge in [0.2, 0.25) is 5.91 Å². The number of benzene rings is 3. The molecular weight excluding hydrogens is 513 g/mol. The van der Waals surface area contributed by atoms with Crippen molar-refractivity contribution in [1.82, 2.24) is 9.80 Å². The van der Waals surface area contributed by atoms with E-state index in [0.717, 1.165) is 35.5 Å². The Kier molecular flexibility index (Phi) is 9.03. The van der Waals surface area contributed by atoms with Crippen LogP contribution in [0.15, 0.2) is 77.8 Å². The van der Waals surface area contributed by atoms with E-state index in [0.29, 0.717) is 32.6 Å². The first-order valence-corrected chi connectivity index (χ1v) is 14.8. The number of rotatable bonds is 10. The van der Waals surface area contributed by atoms with Gasteiger partial charge in [-0.2, -0.15) is 0 Å². The van der Waals surface area contributed by atoms with E-state index >= 15 is 0 Å². The number of amidine groups is 1. The van der Waals surface area contributed by atoms with Crippen LogP contribution in [0.5, 0.6) is 0 Å². The van der Waals surface area contributed by atoms with Crippen LogP contribution in [0.2, 0.25) is 0 Å². The molecule has 2 aliphatic rings. The summed E-state index contributed by atoms with van der Waals surface area (Å²) in [4.78, 5) is 23.5. The van der Waals surface area contributed by atoms with E-state index in [1.165, 1.54) is 23.3 Å². The van der Waals surface area contributed by atoms with E-state index in [1.807, 2.05) is 17.0 Å². The van der Waals surface area contributed by atoms with Crippen LogP contribution in [-0.2, 0) is 17.8 Å². The predicted octanol–water partition coefficient (Wildman–Crippen LogP) is 5.92. The number of hydrogen-bond donors (Lipinski definition) is 2. The molecule has 1 fully saturated rings. The molecule has 0 saturated carbocycles. The first-order chi connectivity index (χ1) is 19.9. The number of carbonyl (C=O) groups excluding carboxylic acids is 1. The number of hydrogen-bond acceptors (Lipinski definition) is 5. The average molecular weight is 556 g/mol. The summed E-state index contributed by atoms with van der Waals surface area (Å²) in [5.74, 6) is 1.01. The molecule has 41 heavy (non-hydrogen) atoms. The van der Waals surface area contributed by atoms with Crippen molar-refractivity contribution in [3.63, 3.8) is 0 Å². The highest BCUT2D eigenvalue weighted by Crippen LogP contribution is 2.35. The topological polar surface area (TPSA) is 74.0 Å². The van der Waals surface area contributed by atoms with Gasteiger partial charge in [0.25, 0.3) is 0 Å². The number of halogens is 1. The van der Waals surface area contributed by atoms with Gasteiger partial charge in [0.05, 0.1) is 6.54 Å². The Balaban J connectivity index is 1.37. The highest BCUT2D eigenvalue weighted by molar-refractivity contribution is 5.92. The summed E-state index contributed by atoms with van der Waals surface area (Å²) in [5.41, 5.74) is 11.2. The largest absolute Gasteiger partial charge is 0.363 e. The molecule has 1 amide bonds. The summed E-state index contributed by atoms with van der Waals surface area (Å²) in [6, 6.07) is 23.1. The number of nitrogens with zero attached hydrogens (tertiary/aromatic N) is 3. The van der Waals surface area contributed by atoms with E-state index in [9.17, 15) is 9.18 Å². The molecule has 3 N–H and O–H groups in total. The van der Waals surface area contributed by atoms with Crippen molar-refractivity contribution in [2.24, 2.45) is 22.6 Å². The summed E-state index contributed by atoms with van der Waals surface area (Å²) in [6.07, 6.45) is 2.65. The number of piperazine rings is 1. The maximum Gasteiger partial charge on any atom is 0.226 e. The van der Waals surface area contributed by atoms with E-state index in [1.54, 1.807) is 0 Å². The minimum Gasteiger partial charge on any atom is -0.363 e. The Morgan fingerprint density at radius 1 is 1.02 bits per heavy atom. The number of carbonyl (C=O) groups is 1. The van der Waals surface area contributed by atoms with Gasteiger partial charge in [0.1, 0.15) is 23.9 Å². The maximum absolute atomic E-state index is 14.1. The Hall–Kier alpha value is -3.71. The summed E-state index contributed by atoms with van der Waals surface area (Å²) >= 11 is 0. The molecule has 3 aromatic rings. The number of aryl methyl sites for hydroxylation is 1. The molecule has 4 unspecified atom stereocenters. The summed E-state index contributed by atoms with van der Waals surface area (Å²) in [6.45, 7) is 8.77. The first kappa shape index (κ1) is 28.8. The fourth-order valence-corrected chi connectivity index (χ4v) is 6.08. The smallest absolute Gasteiger partial charge is 0.226 e.